The first kappa shape index (κ1) is 12.5. The fourth-order valence-electron chi connectivity index (χ4n) is 2.94. The molecule has 0 spiro atoms. The molecule has 0 saturated heterocycles. The average Bonchev–Trinajstić information content (AvgIpc) is 2.51. The van der Waals surface area contributed by atoms with Crippen LogP contribution < -0.4 is 0 Å². The molecule has 1 aliphatic carbocycles. The maximum Gasteiger partial charge on any atom is 0.194 e. The molecule has 3 aromatic rings. The zero-order chi connectivity index (χ0) is 14.6. The molecule has 0 aromatic heterocycles. The zero-order valence-electron chi connectivity index (χ0n) is 11.2. The average molecular weight is 335 g/mol. The van der Waals surface area contributed by atoms with Crippen LogP contribution in [0.2, 0.25) is 0 Å². The van der Waals surface area contributed by atoms with E-state index in [1.807, 2.05) is 42.5 Å². The summed E-state index contributed by atoms with van der Waals surface area (Å²) in [6.07, 6.45) is 0. The lowest BCUT2D eigenvalue weighted by molar-refractivity contribution is 0.103. The van der Waals surface area contributed by atoms with Crippen LogP contribution in [0, 0.1) is 0 Å². The van der Waals surface area contributed by atoms with Crippen LogP contribution in [0.5, 0.6) is 0 Å². The van der Waals surface area contributed by atoms with Gasteiger partial charge < -0.3 is 0 Å². The summed E-state index contributed by atoms with van der Waals surface area (Å²) in [5.41, 5.74) is 4.27. The number of hydrogen-bond acceptors (Lipinski definition) is 1. The van der Waals surface area contributed by atoms with Crippen molar-refractivity contribution in [3.8, 4) is 0 Å². The molecule has 0 N–H and O–H groups in total. The Morgan fingerprint density at radius 1 is 0.762 bits per heavy atom. The predicted octanol–water partition coefficient (Wildman–Crippen LogP) is 5.21. The summed E-state index contributed by atoms with van der Waals surface area (Å²) >= 11 is 3.49. The highest BCUT2D eigenvalue weighted by Gasteiger charge is 2.25. The highest BCUT2D eigenvalue weighted by molar-refractivity contribution is 9.10. The van der Waals surface area contributed by atoms with Crippen molar-refractivity contribution >= 4 is 38.1 Å². The van der Waals surface area contributed by atoms with Crippen molar-refractivity contribution in [2.45, 2.75) is 0 Å². The van der Waals surface area contributed by atoms with E-state index in [0.29, 0.717) is 0 Å². The lowest BCUT2D eigenvalue weighted by Gasteiger charge is -2.21. The van der Waals surface area contributed by atoms with Gasteiger partial charge in [-0.15, -0.1) is 0 Å². The fourth-order valence-corrected chi connectivity index (χ4v) is 3.32. The van der Waals surface area contributed by atoms with E-state index in [2.05, 4.69) is 34.6 Å². The molecule has 4 rings (SSSR count). The molecule has 0 aliphatic heterocycles. The normalized spacial score (nSPS) is 13.2. The summed E-state index contributed by atoms with van der Waals surface area (Å²) in [6.45, 7) is 4.20. The lowest BCUT2D eigenvalue weighted by Crippen LogP contribution is -2.13. The number of hydrogen-bond donors (Lipinski definition) is 0. The van der Waals surface area contributed by atoms with Gasteiger partial charge in [-0.25, -0.2) is 0 Å². The fraction of sp³-hybridized carbons (Fsp3) is 0. The maximum absolute atomic E-state index is 12.7. The number of fused-ring (bicyclic) bond motifs is 3. The van der Waals surface area contributed by atoms with E-state index in [0.717, 1.165) is 43.1 Å². The van der Waals surface area contributed by atoms with Gasteiger partial charge >= 0.3 is 0 Å². The molecule has 0 bridgehead atoms. The van der Waals surface area contributed by atoms with E-state index < -0.39 is 0 Å². The summed E-state index contributed by atoms with van der Waals surface area (Å²) in [4.78, 5) is 12.7. The molecule has 21 heavy (non-hydrogen) atoms. The number of rotatable bonds is 0. The van der Waals surface area contributed by atoms with Gasteiger partial charge in [0.05, 0.1) is 0 Å². The van der Waals surface area contributed by atoms with Crippen molar-refractivity contribution in [1.29, 1.82) is 0 Å². The van der Waals surface area contributed by atoms with E-state index in [1.54, 1.807) is 0 Å². The van der Waals surface area contributed by atoms with Crippen molar-refractivity contribution < 1.29 is 4.79 Å². The lowest BCUT2D eigenvalue weighted by atomic mass is 9.81. The van der Waals surface area contributed by atoms with Crippen LogP contribution in [0.15, 0.2) is 65.6 Å². The summed E-state index contributed by atoms with van der Waals surface area (Å²) in [6, 6.07) is 17.8. The van der Waals surface area contributed by atoms with Gasteiger partial charge in [-0.3, -0.25) is 4.79 Å². The molecule has 0 fully saturated rings. The molecular formula is C19H11BrO. The van der Waals surface area contributed by atoms with Gasteiger partial charge in [-0.1, -0.05) is 52.8 Å². The monoisotopic (exact) mass is 334 g/mol. The highest BCUT2D eigenvalue weighted by atomic mass is 79.9. The van der Waals surface area contributed by atoms with E-state index >= 15 is 0 Å². The van der Waals surface area contributed by atoms with E-state index in [-0.39, 0.29) is 5.78 Å². The van der Waals surface area contributed by atoms with Crippen LogP contribution >= 0.6 is 15.9 Å². The minimum atomic E-state index is 0.0813. The number of carbonyl (C=O) groups excluding carboxylic acids is 1. The molecule has 0 saturated carbocycles. The SMILES string of the molecule is C=C1c2ccccc2C(=O)c2cc3ccc(Br)cc3cc21. The smallest absolute Gasteiger partial charge is 0.194 e. The van der Waals surface area contributed by atoms with Crippen LogP contribution in [0.1, 0.15) is 27.0 Å². The molecule has 1 aliphatic rings. The third kappa shape index (κ3) is 1.79. The third-order valence-electron chi connectivity index (χ3n) is 4.01. The Kier molecular flexibility index (Phi) is 2.63. The van der Waals surface area contributed by atoms with E-state index in [1.165, 1.54) is 0 Å². The second kappa shape index (κ2) is 4.40. The minimum absolute atomic E-state index is 0.0813. The van der Waals surface area contributed by atoms with E-state index in [4.69, 9.17) is 0 Å². The van der Waals surface area contributed by atoms with Crippen LogP contribution in [0.3, 0.4) is 0 Å². The van der Waals surface area contributed by atoms with Gasteiger partial charge in [-0.05, 0) is 51.7 Å². The second-order valence-corrected chi connectivity index (χ2v) is 6.16. The second-order valence-electron chi connectivity index (χ2n) is 5.24. The number of halogens is 1. The van der Waals surface area contributed by atoms with Crippen LogP contribution in [-0.4, -0.2) is 5.78 Å². The molecule has 0 unspecified atom stereocenters. The molecule has 0 heterocycles. The molecular weight excluding hydrogens is 324 g/mol. The first-order valence-corrected chi connectivity index (χ1v) is 7.51. The summed E-state index contributed by atoms with van der Waals surface area (Å²) in [5.74, 6) is 0.0813. The van der Waals surface area contributed by atoms with Crippen LogP contribution in [0.4, 0.5) is 0 Å². The topological polar surface area (TPSA) is 17.1 Å². The van der Waals surface area contributed by atoms with Gasteiger partial charge in [0.1, 0.15) is 0 Å². The van der Waals surface area contributed by atoms with Gasteiger partial charge in [0.2, 0.25) is 0 Å². The molecule has 0 radical (unpaired) electrons. The first-order valence-electron chi connectivity index (χ1n) is 6.72. The summed E-state index contributed by atoms with van der Waals surface area (Å²) in [5, 5.41) is 2.17. The number of carbonyl (C=O) groups is 1. The Morgan fingerprint density at radius 2 is 1.48 bits per heavy atom. The van der Waals surface area contributed by atoms with Gasteiger partial charge in [-0.2, -0.15) is 0 Å². The van der Waals surface area contributed by atoms with Crippen molar-refractivity contribution in [2.24, 2.45) is 0 Å². The van der Waals surface area contributed by atoms with Crippen molar-refractivity contribution in [3.05, 3.63) is 87.9 Å². The summed E-state index contributed by atoms with van der Waals surface area (Å²) < 4.78 is 1.03. The maximum atomic E-state index is 12.7. The highest BCUT2D eigenvalue weighted by Crippen LogP contribution is 2.37. The largest absolute Gasteiger partial charge is 0.289 e. The quantitative estimate of drug-likeness (QED) is 0.431. The van der Waals surface area contributed by atoms with E-state index in [9.17, 15) is 4.79 Å². The zero-order valence-corrected chi connectivity index (χ0v) is 12.8. The molecule has 0 atom stereocenters. The summed E-state index contributed by atoms with van der Waals surface area (Å²) in [7, 11) is 0. The van der Waals surface area contributed by atoms with Crippen LogP contribution in [-0.2, 0) is 0 Å². The van der Waals surface area contributed by atoms with Crippen molar-refractivity contribution in [1.82, 2.24) is 0 Å². The Morgan fingerprint density at radius 3 is 2.29 bits per heavy atom. The van der Waals surface area contributed by atoms with Gasteiger partial charge in [0, 0.05) is 15.6 Å². The first-order chi connectivity index (χ1) is 10.1. The number of benzene rings is 3. The molecule has 2 heteroatoms. The van der Waals surface area contributed by atoms with Crippen molar-refractivity contribution in [3.63, 3.8) is 0 Å². The Labute approximate surface area is 131 Å². The Balaban J connectivity index is 2.06. The molecule has 3 aromatic carbocycles. The Hall–Kier alpha value is -2.19. The van der Waals surface area contributed by atoms with Gasteiger partial charge in [0.15, 0.2) is 5.78 Å². The predicted molar refractivity (Wildman–Crippen MR) is 89.7 cm³/mol. The van der Waals surface area contributed by atoms with Crippen molar-refractivity contribution in [2.75, 3.05) is 0 Å². The van der Waals surface area contributed by atoms with Crippen LogP contribution in [0.25, 0.3) is 16.3 Å². The van der Waals surface area contributed by atoms with Gasteiger partial charge in [0.25, 0.3) is 0 Å². The standard InChI is InChI=1S/C19H11BrO/c1-11-15-4-2-3-5-16(15)19(21)18-9-12-6-7-14(20)8-13(12)10-17(11)18/h2-10H,1H2. The Bertz CT molecular complexity index is 937. The number of ketones is 1. The molecule has 1 nitrogen and oxygen atoms in total. The third-order valence-corrected chi connectivity index (χ3v) is 4.50. The minimum Gasteiger partial charge on any atom is -0.289 e. The molecule has 0 amide bonds. The molecule has 100 valence electrons.